The maximum atomic E-state index is 10.4. The van der Waals surface area contributed by atoms with Gasteiger partial charge in [0.2, 0.25) is 0 Å². The molecule has 0 atom stereocenters. The van der Waals surface area contributed by atoms with Crippen molar-refractivity contribution in [3.63, 3.8) is 0 Å². The first-order valence-electron chi connectivity index (χ1n) is 3.99. The summed E-state index contributed by atoms with van der Waals surface area (Å²) >= 11 is 0. The molecule has 1 N–H and O–H groups in total. The third kappa shape index (κ3) is 1.50. The first-order valence-corrected chi connectivity index (χ1v) is 3.99. The Kier molecular flexibility index (Phi) is 1.86. The van der Waals surface area contributed by atoms with Crippen LogP contribution in [0.25, 0.3) is 10.9 Å². The third-order valence-electron chi connectivity index (χ3n) is 2.00. The lowest BCUT2D eigenvalue weighted by Gasteiger charge is -1.88. The van der Waals surface area contributed by atoms with E-state index in [-0.39, 0.29) is 11.5 Å². The van der Waals surface area contributed by atoms with Gasteiger partial charge >= 0.3 is 5.82 Å². The van der Waals surface area contributed by atoms with Crippen LogP contribution in [0.5, 0.6) is 0 Å². The Morgan fingerprint density at radius 1 is 1.07 bits per heavy atom. The number of nitrogens with zero attached hydrogens (tertiary/aromatic N) is 2. The van der Waals surface area contributed by atoms with Crippen LogP contribution in [0, 0.1) is 20.2 Å². The minimum absolute atomic E-state index is 0.0867. The molecule has 0 aliphatic carbocycles. The van der Waals surface area contributed by atoms with E-state index in [1.807, 2.05) is 0 Å². The smallest absolute Gasteiger partial charge is 0.321 e. The monoisotopic (exact) mass is 207 g/mol. The van der Waals surface area contributed by atoms with Gasteiger partial charge in [-0.25, -0.2) is 4.98 Å². The quantitative estimate of drug-likeness (QED) is 0.600. The van der Waals surface area contributed by atoms with Gasteiger partial charge in [0.05, 0.1) is 4.92 Å². The Morgan fingerprint density at radius 3 is 2.40 bits per heavy atom. The standard InChI is InChI=1S/C8H5N3O4/c12-10(13)6-1-2-7-5(3-6)4-8(9-7)11(14)15/h1-4,9H. The van der Waals surface area contributed by atoms with Gasteiger partial charge in [0.25, 0.3) is 5.69 Å². The number of nitro groups is 2. The largest absolute Gasteiger partial charge is 0.358 e. The fraction of sp³-hybridized carbons (Fsp3) is 0. The van der Waals surface area contributed by atoms with Crippen LogP contribution in [0.1, 0.15) is 0 Å². The van der Waals surface area contributed by atoms with E-state index in [1.165, 1.54) is 24.3 Å². The molecule has 7 nitrogen and oxygen atoms in total. The molecule has 7 heteroatoms. The molecule has 0 amide bonds. The predicted molar refractivity (Wildman–Crippen MR) is 51.6 cm³/mol. The molecule has 76 valence electrons. The van der Waals surface area contributed by atoms with E-state index in [0.29, 0.717) is 10.9 Å². The fourth-order valence-corrected chi connectivity index (χ4v) is 1.32. The predicted octanol–water partition coefficient (Wildman–Crippen LogP) is 1.98. The number of benzene rings is 1. The summed E-state index contributed by atoms with van der Waals surface area (Å²) in [4.78, 5) is 22.3. The molecule has 2 rings (SSSR count). The molecule has 0 fully saturated rings. The molecule has 0 bridgehead atoms. The number of non-ortho nitro benzene ring substituents is 1. The number of hydrogen-bond donors (Lipinski definition) is 1. The van der Waals surface area contributed by atoms with Crippen LogP contribution in [0.2, 0.25) is 0 Å². The molecule has 2 aromatic rings. The third-order valence-corrected chi connectivity index (χ3v) is 2.00. The SMILES string of the molecule is O=[N+]([O-])c1ccc2[nH]c([N+](=O)[O-])cc2c1. The van der Waals surface area contributed by atoms with E-state index in [4.69, 9.17) is 0 Å². The maximum absolute atomic E-state index is 10.4. The number of nitrogens with one attached hydrogen (secondary N) is 1. The molecule has 0 unspecified atom stereocenters. The Balaban J connectivity index is 2.62. The molecular weight excluding hydrogens is 202 g/mol. The lowest BCUT2D eigenvalue weighted by atomic mass is 10.2. The van der Waals surface area contributed by atoms with Gasteiger partial charge in [0, 0.05) is 23.6 Å². The van der Waals surface area contributed by atoms with Crippen LogP contribution in [0.3, 0.4) is 0 Å². The highest BCUT2D eigenvalue weighted by Crippen LogP contribution is 2.24. The van der Waals surface area contributed by atoms with Gasteiger partial charge in [0.1, 0.15) is 5.52 Å². The van der Waals surface area contributed by atoms with Gasteiger partial charge in [-0.05, 0) is 11.0 Å². The average molecular weight is 207 g/mol. The molecule has 0 saturated heterocycles. The van der Waals surface area contributed by atoms with Crippen molar-refractivity contribution < 1.29 is 9.85 Å². The van der Waals surface area contributed by atoms with Crippen molar-refractivity contribution in [2.75, 3.05) is 0 Å². The van der Waals surface area contributed by atoms with Crippen molar-refractivity contribution in [2.45, 2.75) is 0 Å². The molecule has 1 aromatic heterocycles. The zero-order valence-corrected chi connectivity index (χ0v) is 7.34. The molecular formula is C8H5N3O4. The average Bonchev–Trinajstić information content (AvgIpc) is 2.59. The summed E-state index contributed by atoms with van der Waals surface area (Å²) in [6.45, 7) is 0. The van der Waals surface area contributed by atoms with Crippen molar-refractivity contribution in [2.24, 2.45) is 0 Å². The number of hydrogen-bond acceptors (Lipinski definition) is 4. The number of nitro benzene ring substituents is 1. The van der Waals surface area contributed by atoms with Crippen LogP contribution in [-0.2, 0) is 0 Å². The van der Waals surface area contributed by atoms with E-state index in [1.54, 1.807) is 0 Å². The lowest BCUT2D eigenvalue weighted by molar-refractivity contribution is -0.389. The summed E-state index contributed by atoms with van der Waals surface area (Å²) < 4.78 is 0. The molecule has 0 radical (unpaired) electrons. The van der Waals surface area contributed by atoms with Crippen molar-refractivity contribution in [3.05, 3.63) is 44.5 Å². The van der Waals surface area contributed by atoms with Crippen LogP contribution in [0.15, 0.2) is 24.3 Å². The van der Waals surface area contributed by atoms with Crippen LogP contribution in [0.4, 0.5) is 11.5 Å². The molecule has 15 heavy (non-hydrogen) atoms. The second kappa shape index (κ2) is 3.05. The topological polar surface area (TPSA) is 102 Å². The zero-order valence-electron chi connectivity index (χ0n) is 7.34. The number of H-pyrrole nitrogens is 1. The van der Waals surface area contributed by atoms with Gasteiger partial charge in [-0.15, -0.1) is 0 Å². The molecule has 1 heterocycles. The minimum atomic E-state index is -0.578. The summed E-state index contributed by atoms with van der Waals surface area (Å²) in [5.41, 5.74) is 0.420. The second-order valence-corrected chi connectivity index (χ2v) is 2.94. The molecule has 0 aliphatic rings. The van der Waals surface area contributed by atoms with Crippen molar-refractivity contribution in [1.29, 1.82) is 0 Å². The van der Waals surface area contributed by atoms with Gasteiger partial charge in [-0.2, -0.15) is 0 Å². The van der Waals surface area contributed by atoms with Crippen molar-refractivity contribution >= 4 is 22.4 Å². The summed E-state index contributed by atoms with van der Waals surface area (Å²) in [6, 6.07) is 5.30. The number of rotatable bonds is 2. The Labute approximate surface area is 82.6 Å². The van der Waals surface area contributed by atoms with E-state index in [9.17, 15) is 20.2 Å². The molecule has 0 spiro atoms. The summed E-state index contributed by atoms with van der Waals surface area (Å²) in [5.74, 6) is -0.175. The maximum Gasteiger partial charge on any atom is 0.321 e. The normalized spacial score (nSPS) is 10.4. The van der Waals surface area contributed by atoms with E-state index in [2.05, 4.69) is 4.98 Å². The number of fused-ring (bicyclic) bond motifs is 1. The Morgan fingerprint density at radius 2 is 1.80 bits per heavy atom. The van der Waals surface area contributed by atoms with E-state index in [0.717, 1.165) is 0 Å². The van der Waals surface area contributed by atoms with Crippen LogP contribution in [-0.4, -0.2) is 14.8 Å². The van der Waals surface area contributed by atoms with Gasteiger partial charge in [0.15, 0.2) is 0 Å². The molecule has 0 saturated carbocycles. The Hall–Kier alpha value is -2.44. The summed E-state index contributed by atoms with van der Waals surface area (Å²) in [6.07, 6.45) is 0. The van der Waals surface area contributed by atoms with Crippen LogP contribution < -0.4 is 0 Å². The highest BCUT2D eigenvalue weighted by atomic mass is 16.6. The lowest BCUT2D eigenvalue weighted by Crippen LogP contribution is -1.86. The molecule has 0 aliphatic heterocycles. The number of aromatic amines is 1. The van der Waals surface area contributed by atoms with Crippen molar-refractivity contribution in [3.8, 4) is 0 Å². The highest BCUT2D eigenvalue weighted by Gasteiger charge is 2.13. The summed E-state index contributed by atoms with van der Waals surface area (Å²) in [7, 11) is 0. The van der Waals surface area contributed by atoms with Crippen LogP contribution >= 0.6 is 0 Å². The summed E-state index contributed by atoms with van der Waals surface area (Å²) in [5, 5.41) is 21.3. The molecule has 1 aromatic carbocycles. The fourth-order valence-electron chi connectivity index (χ4n) is 1.32. The van der Waals surface area contributed by atoms with E-state index < -0.39 is 9.85 Å². The second-order valence-electron chi connectivity index (χ2n) is 2.94. The van der Waals surface area contributed by atoms with Gasteiger partial charge < -0.3 is 10.1 Å². The van der Waals surface area contributed by atoms with Gasteiger partial charge in [-0.3, -0.25) is 10.1 Å². The van der Waals surface area contributed by atoms with Gasteiger partial charge in [-0.1, -0.05) is 0 Å². The minimum Gasteiger partial charge on any atom is -0.358 e. The first-order chi connectivity index (χ1) is 7.08. The van der Waals surface area contributed by atoms with E-state index >= 15 is 0 Å². The first kappa shape index (κ1) is 9.13. The zero-order chi connectivity index (χ0) is 11.0. The Bertz CT molecular complexity index is 548. The van der Waals surface area contributed by atoms with Crippen molar-refractivity contribution in [1.82, 2.24) is 4.98 Å². The highest BCUT2D eigenvalue weighted by molar-refractivity contribution is 5.84. The number of aromatic nitrogens is 1.